The summed E-state index contributed by atoms with van der Waals surface area (Å²) in [6.07, 6.45) is 0.190. The highest BCUT2D eigenvalue weighted by Crippen LogP contribution is 2.38. The zero-order valence-corrected chi connectivity index (χ0v) is 12.8. The Morgan fingerprint density at radius 2 is 1.96 bits per heavy atom. The molecule has 0 amide bonds. The SMILES string of the molecule is CCCC(=N)C(=O)OC1CC1C(=O)c1cc(Cl)c(F)c(F)c1F. The summed E-state index contributed by atoms with van der Waals surface area (Å²) < 4.78 is 45.0. The van der Waals surface area contributed by atoms with Crippen LogP contribution in [0.1, 0.15) is 36.5 Å². The molecule has 0 bridgehead atoms. The second-order valence-electron chi connectivity index (χ2n) is 5.23. The van der Waals surface area contributed by atoms with Gasteiger partial charge >= 0.3 is 5.97 Å². The van der Waals surface area contributed by atoms with Crippen LogP contribution < -0.4 is 0 Å². The lowest BCUT2D eigenvalue weighted by atomic mass is 10.1. The second-order valence-corrected chi connectivity index (χ2v) is 5.63. The molecule has 4 nitrogen and oxygen atoms in total. The van der Waals surface area contributed by atoms with E-state index in [0.29, 0.717) is 12.5 Å². The van der Waals surface area contributed by atoms with Crippen LogP contribution in [0.25, 0.3) is 0 Å². The van der Waals surface area contributed by atoms with Crippen molar-refractivity contribution in [2.45, 2.75) is 32.3 Å². The Bertz CT molecular complexity index is 693. The summed E-state index contributed by atoms with van der Waals surface area (Å²) in [5.74, 6) is -7.50. The van der Waals surface area contributed by atoms with Crippen molar-refractivity contribution in [1.29, 1.82) is 5.41 Å². The summed E-state index contributed by atoms with van der Waals surface area (Å²) in [6, 6.07) is 0.716. The predicted octanol–water partition coefficient (Wildman–Crippen LogP) is 3.69. The van der Waals surface area contributed by atoms with Crippen LogP contribution in [0.3, 0.4) is 0 Å². The zero-order chi connectivity index (χ0) is 17.3. The number of ether oxygens (including phenoxy) is 1. The molecule has 1 aliphatic carbocycles. The minimum atomic E-state index is -1.82. The van der Waals surface area contributed by atoms with Crippen molar-refractivity contribution >= 4 is 29.1 Å². The third kappa shape index (κ3) is 3.55. The molecular weight excluding hydrogens is 335 g/mol. The van der Waals surface area contributed by atoms with Gasteiger partial charge < -0.3 is 4.74 Å². The van der Waals surface area contributed by atoms with E-state index in [4.69, 9.17) is 21.7 Å². The predicted molar refractivity (Wildman–Crippen MR) is 76.3 cm³/mol. The molecule has 0 heterocycles. The molecule has 2 atom stereocenters. The van der Waals surface area contributed by atoms with Gasteiger partial charge in [-0.25, -0.2) is 18.0 Å². The van der Waals surface area contributed by atoms with Crippen molar-refractivity contribution in [2.75, 3.05) is 0 Å². The molecular formula is C15H13ClF3NO3. The number of rotatable bonds is 6. The molecule has 1 aromatic rings. The molecule has 1 saturated carbocycles. The van der Waals surface area contributed by atoms with E-state index in [9.17, 15) is 22.8 Å². The fourth-order valence-corrected chi connectivity index (χ4v) is 2.28. The van der Waals surface area contributed by atoms with Crippen molar-refractivity contribution in [1.82, 2.24) is 0 Å². The largest absolute Gasteiger partial charge is 0.457 e. The van der Waals surface area contributed by atoms with E-state index in [1.54, 1.807) is 6.92 Å². The number of hydrogen-bond acceptors (Lipinski definition) is 4. The van der Waals surface area contributed by atoms with Gasteiger partial charge in [-0.1, -0.05) is 24.9 Å². The smallest absolute Gasteiger partial charge is 0.352 e. The third-order valence-corrected chi connectivity index (χ3v) is 3.72. The van der Waals surface area contributed by atoms with Crippen LogP contribution in [0.15, 0.2) is 6.07 Å². The van der Waals surface area contributed by atoms with Gasteiger partial charge in [0, 0.05) is 0 Å². The van der Waals surface area contributed by atoms with Gasteiger partial charge in [-0.3, -0.25) is 10.2 Å². The number of esters is 1. The zero-order valence-electron chi connectivity index (χ0n) is 12.1. The van der Waals surface area contributed by atoms with Crippen molar-refractivity contribution in [3.63, 3.8) is 0 Å². The molecule has 1 N–H and O–H groups in total. The molecule has 1 fully saturated rings. The third-order valence-electron chi connectivity index (χ3n) is 3.44. The fourth-order valence-electron chi connectivity index (χ4n) is 2.09. The Labute approximate surface area is 135 Å². The molecule has 0 aliphatic heterocycles. The Morgan fingerprint density at radius 3 is 2.57 bits per heavy atom. The second kappa shape index (κ2) is 6.70. The monoisotopic (exact) mass is 347 g/mol. The van der Waals surface area contributed by atoms with Gasteiger partial charge in [-0.2, -0.15) is 0 Å². The summed E-state index contributed by atoms with van der Waals surface area (Å²) in [4.78, 5) is 23.6. The number of carbonyl (C=O) groups is 2. The first kappa shape index (κ1) is 17.5. The van der Waals surface area contributed by atoms with Crippen LogP contribution in [-0.2, 0) is 9.53 Å². The molecule has 0 saturated heterocycles. The highest BCUT2D eigenvalue weighted by atomic mass is 35.5. The Hall–Kier alpha value is -1.89. The molecule has 1 aliphatic rings. The maximum Gasteiger partial charge on any atom is 0.352 e. The van der Waals surface area contributed by atoms with Crippen LogP contribution >= 0.6 is 11.6 Å². The molecule has 0 aromatic heterocycles. The molecule has 23 heavy (non-hydrogen) atoms. The van der Waals surface area contributed by atoms with Gasteiger partial charge in [0.15, 0.2) is 23.2 Å². The molecule has 124 valence electrons. The van der Waals surface area contributed by atoms with Crippen LogP contribution in [0.5, 0.6) is 0 Å². The van der Waals surface area contributed by atoms with E-state index >= 15 is 0 Å². The standard InChI is InChI=1S/C15H13ClF3NO3/c1-2-3-9(20)15(22)23-10-5-6(10)14(21)7-4-8(16)12(18)13(19)11(7)17/h4,6,10,20H,2-3,5H2,1H3. The number of hydrogen-bond donors (Lipinski definition) is 1. The molecule has 1 aromatic carbocycles. The van der Waals surface area contributed by atoms with Crippen LogP contribution in [-0.4, -0.2) is 23.6 Å². The number of ketones is 1. The number of carbonyl (C=O) groups excluding carboxylic acids is 2. The van der Waals surface area contributed by atoms with Crippen LogP contribution in [0.4, 0.5) is 13.2 Å². The van der Waals surface area contributed by atoms with E-state index < -0.39 is 51.8 Å². The summed E-state index contributed by atoms with van der Waals surface area (Å²) in [5.41, 5.74) is -0.895. The summed E-state index contributed by atoms with van der Waals surface area (Å²) in [6.45, 7) is 1.79. The molecule has 2 unspecified atom stereocenters. The van der Waals surface area contributed by atoms with E-state index in [2.05, 4.69) is 0 Å². The Morgan fingerprint density at radius 1 is 1.30 bits per heavy atom. The normalized spacial score (nSPS) is 19.3. The van der Waals surface area contributed by atoms with Crippen molar-refractivity contribution < 1.29 is 27.5 Å². The quantitative estimate of drug-likeness (QED) is 0.280. The van der Waals surface area contributed by atoms with Gasteiger partial charge in [0.05, 0.1) is 16.5 Å². The minimum Gasteiger partial charge on any atom is -0.457 e. The number of halogens is 4. The lowest BCUT2D eigenvalue weighted by Crippen LogP contribution is -2.19. The maximum absolute atomic E-state index is 13.7. The van der Waals surface area contributed by atoms with E-state index in [1.807, 2.05) is 0 Å². The van der Waals surface area contributed by atoms with Gasteiger partial charge in [0.2, 0.25) is 0 Å². The first-order valence-corrected chi connectivity index (χ1v) is 7.31. The molecule has 2 rings (SSSR count). The highest BCUT2D eigenvalue weighted by molar-refractivity contribution is 6.35. The number of benzene rings is 1. The summed E-state index contributed by atoms with van der Waals surface area (Å²) in [7, 11) is 0. The van der Waals surface area contributed by atoms with Crippen LogP contribution in [0.2, 0.25) is 5.02 Å². The number of Topliss-reactive ketones (excluding diaryl/α,β-unsaturated/α-hetero) is 1. The van der Waals surface area contributed by atoms with Gasteiger partial charge in [0.1, 0.15) is 11.8 Å². The molecule has 8 heteroatoms. The first-order chi connectivity index (χ1) is 10.8. The summed E-state index contributed by atoms with van der Waals surface area (Å²) in [5, 5.41) is 6.74. The first-order valence-electron chi connectivity index (χ1n) is 6.93. The lowest BCUT2D eigenvalue weighted by molar-refractivity contribution is -0.137. The Kier molecular flexibility index (Phi) is 5.09. The van der Waals surface area contributed by atoms with E-state index in [1.165, 1.54) is 0 Å². The highest BCUT2D eigenvalue weighted by Gasteiger charge is 2.48. The van der Waals surface area contributed by atoms with Gasteiger partial charge in [0.25, 0.3) is 0 Å². The number of nitrogens with one attached hydrogen (secondary N) is 1. The Balaban J connectivity index is 2.07. The maximum atomic E-state index is 13.7. The lowest BCUT2D eigenvalue weighted by Gasteiger charge is -2.07. The van der Waals surface area contributed by atoms with Crippen LogP contribution in [0, 0.1) is 28.8 Å². The topological polar surface area (TPSA) is 67.2 Å². The summed E-state index contributed by atoms with van der Waals surface area (Å²) >= 11 is 5.41. The minimum absolute atomic E-state index is 0.139. The fraction of sp³-hybridized carbons (Fsp3) is 0.400. The average molecular weight is 348 g/mol. The van der Waals surface area contributed by atoms with E-state index in [-0.39, 0.29) is 18.6 Å². The molecule has 0 radical (unpaired) electrons. The molecule has 0 spiro atoms. The average Bonchev–Trinajstić information content (AvgIpc) is 3.27. The van der Waals surface area contributed by atoms with E-state index in [0.717, 1.165) is 0 Å². The van der Waals surface area contributed by atoms with Crippen molar-refractivity contribution in [2.24, 2.45) is 5.92 Å². The van der Waals surface area contributed by atoms with Crippen molar-refractivity contribution in [3.05, 3.63) is 34.1 Å². The van der Waals surface area contributed by atoms with Crippen molar-refractivity contribution in [3.8, 4) is 0 Å². The van der Waals surface area contributed by atoms with Gasteiger partial charge in [-0.15, -0.1) is 0 Å². The van der Waals surface area contributed by atoms with Gasteiger partial charge in [-0.05, 0) is 18.9 Å².